The molecular formula is C26H27BrO3S. The van der Waals surface area contributed by atoms with E-state index in [0.717, 1.165) is 55.9 Å². The molecule has 0 fully saturated rings. The second kappa shape index (κ2) is 10.8. The normalized spacial score (nSPS) is 11.1. The summed E-state index contributed by atoms with van der Waals surface area (Å²) in [6.45, 7) is 6.61. The van der Waals surface area contributed by atoms with Crippen LogP contribution >= 0.6 is 27.3 Å². The van der Waals surface area contributed by atoms with E-state index < -0.39 is 0 Å². The van der Waals surface area contributed by atoms with Gasteiger partial charge >= 0.3 is 0 Å². The molecule has 0 saturated carbocycles. The largest absolute Gasteiger partial charge is 0.496 e. The highest BCUT2D eigenvalue weighted by molar-refractivity contribution is 9.10. The number of allylic oxidation sites excluding steroid dienone is 1. The van der Waals surface area contributed by atoms with Crippen LogP contribution in [0.25, 0.3) is 6.08 Å². The number of methoxy groups -OCH3 is 1. The number of benzene rings is 2. The van der Waals surface area contributed by atoms with Crippen molar-refractivity contribution in [3.63, 3.8) is 0 Å². The van der Waals surface area contributed by atoms with E-state index in [9.17, 15) is 4.79 Å². The second-order valence-electron chi connectivity index (χ2n) is 7.41. The number of ketones is 1. The highest BCUT2D eigenvalue weighted by atomic mass is 79.9. The first-order valence-electron chi connectivity index (χ1n) is 10.3. The molecule has 31 heavy (non-hydrogen) atoms. The van der Waals surface area contributed by atoms with Gasteiger partial charge in [-0.3, -0.25) is 4.79 Å². The molecule has 5 heteroatoms. The van der Waals surface area contributed by atoms with Crippen LogP contribution in [-0.4, -0.2) is 12.9 Å². The van der Waals surface area contributed by atoms with E-state index in [1.807, 2.05) is 62.4 Å². The van der Waals surface area contributed by atoms with Gasteiger partial charge in [0.25, 0.3) is 0 Å². The van der Waals surface area contributed by atoms with Crippen molar-refractivity contribution in [1.82, 2.24) is 0 Å². The summed E-state index contributed by atoms with van der Waals surface area (Å²) >= 11 is 5.12. The molecule has 0 aliphatic rings. The molecule has 3 rings (SSSR count). The van der Waals surface area contributed by atoms with Crippen molar-refractivity contribution in [3.8, 4) is 11.5 Å². The Morgan fingerprint density at radius 3 is 2.55 bits per heavy atom. The van der Waals surface area contributed by atoms with Crippen LogP contribution in [0, 0.1) is 13.8 Å². The molecule has 0 bridgehead atoms. The SMILES string of the molecule is CCCc1sc(C(=O)/C=C/c2ccc(OC)c(COc3c(C)cccc3C)c2)cc1Br. The lowest BCUT2D eigenvalue weighted by Gasteiger charge is -2.14. The fraction of sp³-hybridized carbons (Fsp3) is 0.269. The van der Waals surface area contributed by atoms with E-state index >= 15 is 0 Å². The third-order valence-electron chi connectivity index (χ3n) is 4.99. The lowest BCUT2D eigenvalue weighted by Crippen LogP contribution is -2.01. The van der Waals surface area contributed by atoms with Crippen molar-refractivity contribution in [3.05, 3.63) is 85.0 Å². The Balaban J connectivity index is 1.76. The van der Waals surface area contributed by atoms with Gasteiger partial charge in [-0.05, 0) is 77.2 Å². The molecule has 0 unspecified atom stereocenters. The Morgan fingerprint density at radius 2 is 1.87 bits per heavy atom. The zero-order valence-corrected chi connectivity index (χ0v) is 20.7. The standard InChI is InChI=1S/C26H27BrO3S/c1-5-7-24-21(27)15-25(31-24)22(28)12-10-19-11-13-23(29-4)20(14-19)16-30-26-17(2)8-6-9-18(26)3/h6,8-15H,5,7,16H2,1-4H3/b12-10+. The monoisotopic (exact) mass is 498 g/mol. The van der Waals surface area contributed by atoms with Gasteiger partial charge in [-0.25, -0.2) is 0 Å². The predicted molar refractivity (Wildman–Crippen MR) is 133 cm³/mol. The second-order valence-corrected chi connectivity index (χ2v) is 9.40. The van der Waals surface area contributed by atoms with Crippen LogP contribution < -0.4 is 9.47 Å². The van der Waals surface area contributed by atoms with E-state index in [1.54, 1.807) is 24.5 Å². The Labute approximate surface area is 196 Å². The molecule has 0 saturated heterocycles. The molecular weight excluding hydrogens is 472 g/mol. The highest BCUT2D eigenvalue weighted by Crippen LogP contribution is 2.30. The minimum Gasteiger partial charge on any atom is -0.496 e. The van der Waals surface area contributed by atoms with Crippen LogP contribution in [0.4, 0.5) is 0 Å². The number of carbonyl (C=O) groups is 1. The van der Waals surface area contributed by atoms with Crippen molar-refractivity contribution in [2.75, 3.05) is 7.11 Å². The number of halogens is 1. The fourth-order valence-electron chi connectivity index (χ4n) is 3.37. The van der Waals surface area contributed by atoms with E-state index in [1.165, 1.54) is 4.88 Å². The molecule has 0 amide bonds. The van der Waals surface area contributed by atoms with Gasteiger partial charge in [-0.15, -0.1) is 11.3 Å². The molecule has 0 aliphatic carbocycles. The lowest BCUT2D eigenvalue weighted by molar-refractivity contribution is 0.105. The summed E-state index contributed by atoms with van der Waals surface area (Å²) in [5, 5.41) is 0. The third-order valence-corrected chi connectivity index (χ3v) is 7.17. The molecule has 3 nitrogen and oxygen atoms in total. The van der Waals surface area contributed by atoms with Gasteiger partial charge in [0, 0.05) is 14.9 Å². The van der Waals surface area contributed by atoms with E-state index in [0.29, 0.717) is 6.61 Å². The van der Waals surface area contributed by atoms with E-state index in [2.05, 4.69) is 22.9 Å². The maximum atomic E-state index is 12.6. The van der Waals surface area contributed by atoms with Crippen molar-refractivity contribution in [1.29, 1.82) is 0 Å². The van der Waals surface area contributed by atoms with E-state index in [4.69, 9.17) is 9.47 Å². The van der Waals surface area contributed by atoms with Gasteiger partial charge in [-0.1, -0.05) is 43.7 Å². The molecule has 3 aromatic rings. The maximum Gasteiger partial charge on any atom is 0.195 e. The number of ether oxygens (including phenoxy) is 2. The quantitative estimate of drug-likeness (QED) is 0.225. The first-order valence-corrected chi connectivity index (χ1v) is 11.9. The smallest absolute Gasteiger partial charge is 0.195 e. The molecule has 0 radical (unpaired) electrons. The average Bonchev–Trinajstić information content (AvgIpc) is 3.12. The highest BCUT2D eigenvalue weighted by Gasteiger charge is 2.12. The van der Waals surface area contributed by atoms with E-state index in [-0.39, 0.29) is 5.78 Å². The Kier molecular flexibility index (Phi) is 8.10. The summed E-state index contributed by atoms with van der Waals surface area (Å²) in [5.74, 6) is 1.67. The Hall–Kier alpha value is -2.37. The molecule has 0 N–H and O–H groups in total. The minimum absolute atomic E-state index is 0.0113. The van der Waals surface area contributed by atoms with Gasteiger partial charge in [0.2, 0.25) is 0 Å². The minimum atomic E-state index is 0.0113. The first-order chi connectivity index (χ1) is 14.9. The van der Waals surface area contributed by atoms with Crippen molar-refractivity contribution >= 4 is 39.1 Å². The van der Waals surface area contributed by atoms with Crippen molar-refractivity contribution < 1.29 is 14.3 Å². The van der Waals surface area contributed by atoms with Crippen LogP contribution in [0.3, 0.4) is 0 Å². The first kappa shape index (κ1) is 23.3. The van der Waals surface area contributed by atoms with Crippen LogP contribution in [-0.2, 0) is 13.0 Å². The molecule has 1 aromatic heterocycles. The number of hydrogen-bond acceptors (Lipinski definition) is 4. The third kappa shape index (κ3) is 5.86. The fourth-order valence-corrected chi connectivity index (χ4v) is 5.27. The summed E-state index contributed by atoms with van der Waals surface area (Å²) in [6.07, 6.45) is 5.51. The van der Waals surface area contributed by atoms with Crippen LogP contribution in [0.15, 0.2) is 53.0 Å². The molecule has 162 valence electrons. The number of thiophene rings is 1. The molecule has 0 atom stereocenters. The molecule has 1 heterocycles. The number of rotatable bonds is 9. The maximum absolute atomic E-state index is 12.6. The molecule has 0 spiro atoms. The van der Waals surface area contributed by atoms with Crippen molar-refractivity contribution in [2.24, 2.45) is 0 Å². The summed E-state index contributed by atoms with van der Waals surface area (Å²) in [4.78, 5) is 14.6. The summed E-state index contributed by atoms with van der Waals surface area (Å²) in [6, 6.07) is 13.9. The lowest BCUT2D eigenvalue weighted by atomic mass is 10.1. The number of para-hydroxylation sites is 1. The predicted octanol–water partition coefficient (Wildman–Crippen LogP) is 7.56. The van der Waals surface area contributed by atoms with Gasteiger partial charge in [0.15, 0.2) is 5.78 Å². The van der Waals surface area contributed by atoms with Gasteiger partial charge in [-0.2, -0.15) is 0 Å². The zero-order chi connectivity index (χ0) is 22.4. The van der Waals surface area contributed by atoms with Crippen LogP contribution in [0.1, 0.15) is 50.1 Å². The number of hydrogen-bond donors (Lipinski definition) is 0. The summed E-state index contributed by atoms with van der Waals surface area (Å²) in [5.41, 5.74) is 4.07. The summed E-state index contributed by atoms with van der Waals surface area (Å²) < 4.78 is 12.6. The number of carbonyl (C=O) groups excluding carboxylic acids is 1. The van der Waals surface area contributed by atoms with Crippen LogP contribution in [0.2, 0.25) is 0 Å². The van der Waals surface area contributed by atoms with Crippen LogP contribution in [0.5, 0.6) is 11.5 Å². The molecule has 0 aliphatic heterocycles. The number of aryl methyl sites for hydroxylation is 3. The topological polar surface area (TPSA) is 35.5 Å². The van der Waals surface area contributed by atoms with Gasteiger partial charge < -0.3 is 9.47 Å². The molecule has 2 aromatic carbocycles. The summed E-state index contributed by atoms with van der Waals surface area (Å²) in [7, 11) is 1.65. The zero-order valence-electron chi connectivity index (χ0n) is 18.3. The van der Waals surface area contributed by atoms with Crippen molar-refractivity contribution in [2.45, 2.75) is 40.2 Å². The Morgan fingerprint density at radius 1 is 1.13 bits per heavy atom. The van der Waals surface area contributed by atoms with Gasteiger partial charge in [0.05, 0.1) is 12.0 Å². The Bertz CT molecular complexity index is 1080. The van der Waals surface area contributed by atoms with Gasteiger partial charge in [0.1, 0.15) is 18.1 Å². The average molecular weight is 499 g/mol.